The summed E-state index contributed by atoms with van der Waals surface area (Å²) in [6.45, 7) is 5.61. The minimum absolute atomic E-state index is 0.127. The lowest BCUT2D eigenvalue weighted by Gasteiger charge is -2.16. The molecule has 1 aromatic heterocycles. The van der Waals surface area contributed by atoms with Gasteiger partial charge in [0.2, 0.25) is 0 Å². The van der Waals surface area contributed by atoms with Crippen molar-refractivity contribution < 1.29 is 14.8 Å². The van der Waals surface area contributed by atoms with Gasteiger partial charge in [0.1, 0.15) is 5.69 Å². The van der Waals surface area contributed by atoms with Gasteiger partial charge in [0.05, 0.1) is 4.92 Å². The second-order valence-corrected chi connectivity index (χ2v) is 6.11. The third kappa shape index (κ3) is 3.70. The summed E-state index contributed by atoms with van der Waals surface area (Å²) in [7, 11) is 0. The van der Waals surface area contributed by atoms with Crippen LogP contribution in [-0.2, 0) is 0 Å². The average molecular weight is 256 g/mol. The molecule has 7 heteroatoms. The molecule has 0 saturated heterocycles. The van der Waals surface area contributed by atoms with E-state index in [2.05, 4.69) is 4.98 Å². The zero-order chi connectivity index (χ0) is 13.2. The Morgan fingerprint density at radius 2 is 2.06 bits per heavy atom. The Hall–Kier alpha value is -1.63. The zero-order valence-electron chi connectivity index (χ0n) is 9.63. The minimum atomic E-state index is -1.20. The first-order valence-corrected chi connectivity index (χ1v) is 5.60. The summed E-state index contributed by atoms with van der Waals surface area (Å²) < 4.78 is -0.283. The van der Waals surface area contributed by atoms with Gasteiger partial charge in [0, 0.05) is 10.8 Å². The van der Waals surface area contributed by atoms with Crippen LogP contribution in [0.5, 0.6) is 0 Å². The molecule has 0 aliphatic carbocycles. The molecular weight excluding hydrogens is 244 g/mol. The zero-order valence-corrected chi connectivity index (χ0v) is 10.4. The third-order valence-corrected chi connectivity index (χ3v) is 2.77. The Morgan fingerprint density at radius 3 is 2.47 bits per heavy atom. The molecule has 0 radical (unpaired) electrons. The van der Waals surface area contributed by atoms with Gasteiger partial charge in [-0.15, -0.1) is 0 Å². The number of aromatic nitrogens is 1. The molecule has 0 aliphatic heterocycles. The summed E-state index contributed by atoms with van der Waals surface area (Å²) in [5.41, 5.74) is -0.364. The molecule has 17 heavy (non-hydrogen) atoms. The van der Waals surface area contributed by atoms with Crippen molar-refractivity contribution in [2.45, 2.75) is 30.5 Å². The lowest BCUT2D eigenvalue weighted by molar-refractivity contribution is -0.388. The maximum atomic E-state index is 10.8. The van der Waals surface area contributed by atoms with Crippen molar-refractivity contribution in [3.05, 3.63) is 27.9 Å². The largest absolute Gasteiger partial charge is 0.477 e. The number of hydrogen-bond donors (Lipinski definition) is 1. The van der Waals surface area contributed by atoms with Crippen molar-refractivity contribution in [3.8, 4) is 0 Å². The summed E-state index contributed by atoms with van der Waals surface area (Å²) in [6.07, 6.45) is 0. The van der Waals surface area contributed by atoms with E-state index in [9.17, 15) is 14.9 Å². The van der Waals surface area contributed by atoms with E-state index in [1.807, 2.05) is 20.8 Å². The molecule has 0 bridgehead atoms. The van der Waals surface area contributed by atoms with E-state index in [0.29, 0.717) is 0 Å². The molecule has 6 nitrogen and oxygen atoms in total. The van der Waals surface area contributed by atoms with Crippen molar-refractivity contribution in [2.24, 2.45) is 0 Å². The summed E-state index contributed by atoms with van der Waals surface area (Å²) in [6, 6.07) is 2.30. The molecule has 0 fully saturated rings. The number of aromatic carboxylic acids is 1. The molecule has 0 aliphatic rings. The lowest BCUT2D eigenvalue weighted by atomic mass is 10.3. The fourth-order valence-electron chi connectivity index (χ4n) is 1.06. The molecule has 1 aromatic rings. The number of pyridine rings is 1. The van der Waals surface area contributed by atoms with Gasteiger partial charge in [-0.25, -0.2) is 9.78 Å². The van der Waals surface area contributed by atoms with Crippen LogP contribution in [0.1, 0.15) is 31.3 Å². The number of carboxylic acids is 1. The highest BCUT2D eigenvalue weighted by Gasteiger charge is 2.23. The van der Waals surface area contributed by atoms with Gasteiger partial charge >= 0.3 is 11.7 Å². The number of nitrogens with zero attached hydrogens (tertiary/aromatic N) is 2. The predicted molar refractivity (Wildman–Crippen MR) is 63.5 cm³/mol. The molecule has 0 spiro atoms. The van der Waals surface area contributed by atoms with E-state index < -0.39 is 10.9 Å². The standard InChI is InChI=1S/C10H12N2O4S/c1-10(2,3)17-8-7(12(15)16)5-4-6(11-8)9(13)14/h4-5H,1-3H3,(H,13,14). The Morgan fingerprint density at radius 1 is 1.47 bits per heavy atom. The van der Waals surface area contributed by atoms with Crippen molar-refractivity contribution in [1.82, 2.24) is 4.98 Å². The van der Waals surface area contributed by atoms with E-state index in [-0.39, 0.29) is 21.2 Å². The van der Waals surface area contributed by atoms with Gasteiger partial charge in [-0.2, -0.15) is 0 Å². The van der Waals surface area contributed by atoms with Crippen LogP contribution in [0.2, 0.25) is 0 Å². The van der Waals surface area contributed by atoms with Crippen LogP contribution in [-0.4, -0.2) is 25.7 Å². The van der Waals surface area contributed by atoms with Gasteiger partial charge in [-0.1, -0.05) is 32.5 Å². The van der Waals surface area contributed by atoms with Crippen LogP contribution >= 0.6 is 11.8 Å². The Bertz CT molecular complexity index is 468. The molecule has 0 saturated carbocycles. The molecule has 1 heterocycles. The lowest BCUT2D eigenvalue weighted by Crippen LogP contribution is -2.10. The monoisotopic (exact) mass is 256 g/mol. The first-order chi connectivity index (χ1) is 7.70. The summed E-state index contributed by atoms with van der Waals surface area (Å²) in [5, 5.41) is 19.7. The van der Waals surface area contributed by atoms with Crippen LogP contribution in [0.3, 0.4) is 0 Å². The minimum Gasteiger partial charge on any atom is -0.477 e. The first-order valence-electron chi connectivity index (χ1n) is 4.78. The maximum absolute atomic E-state index is 10.8. The maximum Gasteiger partial charge on any atom is 0.354 e. The molecule has 0 atom stereocenters. The van der Waals surface area contributed by atoms with E-state index in [4.69, 9.17) is 5.11 Å². The highest BCUT2D eigenvalue weighted by atomic mass is 32.2. The van der Waals surface area contributed by atoms with E-state index in [1.54, 1.807) is 0 Å². The number of nitro groups is 1. The topological polar surface area (TPSA) is 93.3 Å². The Balaban J connectivity index is 3.25. The SMILES string of the molecule is CC(C)(C)Sc1nc(C(=O)O)ccc1[N+](=O)[O-]. The van der Waals surface area contributed by atoms with Crippen LogP contribution in [0.4, 0.5) is 5.69 Å². The molecule has 92 valence electrons. The van der Waals surface area contributed by atoms with Gasteiger partial charge in [0.25, 0.3) is 0 Å². The van der Waals surface area contributed by atoms with Crippen LogP contribution in [0.25, 0.3) is 0 Å². The van der Waals surface area contributed by atoms with Crippen molar-refractivity contribution in [1.29, 1.82) is 0 Å². The molecule has 0 unspecified atom stereocenters. The quantitative estimate of drug-likeness (QED) is 0.507. The van der Waals surface area contributed by atoms with E-state index in [1.165, 1.54) is 17.8 Å². The summed E-state index contributed by atoms with van der Waals surface area (Å²) in [4.78, 5) is 24.8. The molecular formula is C10H12N2O4S. The van der Waals surface area contributed by atoms with Crippen LogP contribution in [0, 0.1) is 10.1 Å². The summed E-state index contributed by atoms with van der Waals surface area (Å²) in [5.74, 6) is -1.20. The molecule has 1 rings (SSSR count). The highest BCUT2D eigenvalue weighted by Crippen LogP contribution is 2.36. The molecule has 0 amide bonds. The van der Waals surface area contributed by atoms with E-state index >= 15 is 0 Å². The van der Waals surface area contributed by atoms with Crippen LogP contribution in [0.15, 0.2) is 17.2 Å². The Kier molecular flexibility index (Phi) is 3.72. The number of thioether (sulfide) groups is 1. The first kappa shape index (κ1) is 13.4. The average Bonchev–Trinajstić information content (AvgIpc) is 2.14. The third-order valence-electron chi connectivity index (χ3n) is 1.66. The number of carbonyl (C=O) groups is 1. The van der Waals surface area contributed by atoms with Crippen molar-refractivity contribution in [3.63, 3.8) is 0 Å². The van der Waals surface area contributed by atoms with E-state index in [0.717, 1.165) is 6.07 Å². The van der Waals surface area contributed by atoms with Gasteiger partial charge in [0.15, 0.2) is 5.03 Å². The second-order valence-electron chi connectivity index (χ2n) is 4.30. The summed E-state index contributed by atoms with van der Waals surface area (Å²) >= 11 is 1.17. The predicted octanol–water partition coefficient (Wildman–Crippen LogP) is 2.58. The normalized spacial score (nSPS) is 11.2. The number of carboxylic acid groups (broad SMARTS) is 1. The van der Waals surface area contributed by atoms with Crippen molar-refractivity contribution in [2.75, 3.05) is 0 Å². The molecule has 0 aromatic carbocycles. The van der Waals surface area contributed by atoms with Crippen molar-refractivity contribution >= 4 is 23.4 Å². The number of rotatable bonds is 3. The smallest absolute Gasteiger partial charge is 0.354 e. The van der Waals surface area contributed by atoms with Crippen LogP contribution < -0.4 is 0 Å². The second kappa shape index (κ2) is 4.70. The van der Waals surface area contributed by atoms with Gasteiger partial charge in [-0.3, -0.25) is 10.1 Å². The fraction of sp³-hybridized carbons (Fsp3) is 0.400. The number of hydrogen-bond acceptors (Lipinski definition) is 5. The van der Waals surface area contributed by atoms with Gasteiger partial charge < -0.3 is 5.11 Å². The Labute approximate surface area is 102 Å². The fourth-order valence-corrected chi connectivity index (χ4v) is 2.03. The molecule has 1 N–H and O–H groups in total. The van der Waals surface area contributed by atoms with Gasteiger partial charge in [-0.05, 0) is 6.07 Å². The highest BCUT2D eigenvalue weighted by molar-refractivity contribution is 8.00.